The summed E-state index contributed by atoms with van der Waals surface area (Å²) in [7, 11) is -1.39. The van der Waals surface area contributed by atoms with Gasteiger partial charge in [-0.2, -0.15) is 0 Å². The van der Waals surface area contributed by atoms with Gasteiger partial charge in [0.15, 0.2) is 0 Å². The normalized spacial score (nSPS) is 27.3. The lowest BCUT2D eigenvalue weighted by Crippen LogP contribution is -2.51. The molecular formula is C23H37NSi. The molecule has 1 aliphatic heterocycles. The molecule has 0 amide bonds. The molecule has 1 atom stereocenters. The van der Waals surface area contributed by atoms with E-state index in [4.69, 9.17) is 0 Å². The highest BCUT2D eigenvalue weighted by atomic mass is 28.3. The number of rotatable bonds is 3. The standard InChI is InChI=1S/C23H37NSi/c1-22(2,3)25(4,5)19-21-14-11-16-23(21)15-9-10-17-24(23)18-20-12-7-6-8-13-20/h6-8,12-13,19H,9-11,14-18H2,1-5H3/b21-19+/t23-/m0/s1. The maximum atomic E-state index is 2.85. The molecule has 1 aromatic rings. The molecule has 1 aliphatic carbocycles. The second-order valence-electron chi connectivity index (χ2n) is 9.89. The number of benzene rings is 1. The van der Waals surface area contributed by atoms with Crippen molar-refractivity contribution in [1.82, 2.24) is 4.90 Å². The fourth-order valence-electron chi connectivity index (χ4n) is 4.60. The van der Waals surface area contributed by atoms with E-state index >= 15 is 0 Å². The van der Waals surface area contributed by atoms with Gasteiger partial charge in [-0.15, -0.1) is 0 Å². The average Bonchev–Trinajstić information content (AvgIpc) is 2.92. The van der Waals surface area contributed by atoms with Crippen LogP contribution in [0.3, 0.4) is 0 Å². The molecule has 2 heteroatoms. The first-order chi connectivity index (χ1) is 11.7. The Morgan fingerprint density at radius 3 is 2.40 bits per heavy atom. The highest BCUT2D eigenvalue weighted by Gasteiger charge is 2.46. The van der Waals surface area contributed by atoms with E-state index in [1.165, 1.54) is 50.6 Å². The Kier molecular flexibility index (Phi) is 5.32. The van der Waals surface area contributed by atoms with Gasteiger partial charge in [0.2, 0.25) is 0 Å². The van der Waals surface area contributed by atoms with Crippen molar-refractivity contribution in [3.63, 3.8) is 0 Å². The van der Waals surface area contributed by atoms with Gasteiger partial charge in [-0.3, -0.25) is 4.90 Å². The number of hydrogen-bond acceptors (Lipinski definition) is 1. The summed E-state index contributed by atoms with van der Waals surface area (Å²) in [6.07, 6.45) is 8.23. The molecule has 0 bridgehead atoms. The molecular weight excluding hydrogens is 318 g/mol. The topological polar surface area (TPSA) is 3.24 Å². The molecule has 0 N–H and O–H groups in total. The summed E-state index contributed by atoms with van der Waals surface area (Å²) in [6.45, 7) is 14.9. The zero-order valence-electron chi connectivity index (χ0n) is 17.1. The summed E-state index contributed by atoms with van der Waals surface area (Å²) in [6, 6.07) is 11.1. The lowest BCUT2D eigenvalue weighted by Gasteiger charge is -2.47. The summed E-state index contributed by atoms with van der Waals surface area (Å²) in [4.78, 5) is 2.85. The second kappa shape index (κ2) is 7.04. The SMILES string of the molecule is CC(C)(C)[Si](C)(C)/C=C1\CCC[C@@]12CCCCN2Cc1ccccc1. The van der Waals surface area contributed by atoms with E-state index in [1.807, 2.05) is 0 Å². The van der Waals surface area contributed by atoms with Crippen molar-refractivity contribution in [1.29, 1.82) is 0 Å². The fourth-order valence-corrected chi connectivity index (χ4v) is 6.31. The van der Waals surface area contributed by atoms with Crippen LogP contribution in [0.4, 0.5) is 0 Å². The van der Waals surface area contributed by atoms with E-state index in [0.717, 1.165) is 6.54 Å². The van der Waals surface area contributed by atoms with Crippen molar-refractivity contribution in [2.75, 3.05) is 6.54 Å². The van der Waals surface area contributed by atoms with Gasteiger partial charge >= 0.3 is 0 Å². The predicted molar refractivity (Wildman–Crippen MR) is 113 cm³/mol. The van der Waals surface area contributed by atoms with Gasteiger partial charge in [-0.1, -0.05) is 81.9 Å². The van der Waals surface area contributed by atoms with Crippen LogP contribution in [0.15, 0.2) is 41.6 Å². The summed E-state index contributed by atoms with van der Waals surface area (Å²) < 4.78 is 0. The second-order valence-corrected chi connectivity index (χ2v) is 15.1. The van der Waals surface area contributed by atoms with E-state index in [-0.39, 0.29) is 0 Å². The first kappa shape index (κ1) is 18.9. The minimum Gasteiger partial charge on any atom is -0.290 e. The summed E-state index contributed by atoms with van der Waals surface area (Å²) in [5, 5.41) is 0.433. The third kappa shape index (κ3) is 3.80. The quantitative estimate of drug-likeness (QED) is 0.554. The molecule has 1 saturated heterocycles. The van der Waals surface area contributed by atoms with Gasteiger partial charge in [0, 0.05) is 12.1 Å². The van der Waals surface area contributed by atoms with Crippen LogP contribution in [0.1, 0.15) is 64.9 Å². The largest absolute Gasteiger partial charge is 0.290 e. The third-order valence-corrected chi connectivity index (χ3v) is 12.1. The maximum Gasteiger partial charge on any atom is 0.0770 e. The van der Waals surface area contributed by atoms with Gasteiger partial charge in [0.05, 0.1) is 8.07 Å². The summed E-state index contributed by atoms with van der Waals surface area (Å²) >= 11 is 0. The van der Waals surface area contributed by atoms with E-state index in [9.17, 15) is 0 Å². The molecule has 1 saturated carbocycles. The average molecular weight is 356 g/mol. The number of nitrogens with zero attached hydrogens (tertiary/aromatic N) is 1. The predicted octanol–water partition coefficient (Wildman–Crippen LogP) is 6.57. The Hall–Kier alpha value is -0.863. The monoisotopic (exact) mass is 355 g/mol. The van der Waals surface area contributed by atoms with Crippen molar-refractivity contribution in [3.8, 4) is 0 Å². The van der Waals surface area contributed by atoms with Crippen molar-refractivity contribution in [3.05, 3.63) is 47.2 Å². The van der Waals surface area contributed by atoms with Gasteiger partial charge < -0.3 is 0 Å². The van der Waals surface area contributed by atoms with Crippen LogP contribution in [0.2, 0.25) is 18.1 Å². The van der Waals surface area contributed by atoms with Crippen LogP contribution in [0, 0.1) is 0 Å². The molecule has 2 fully saturated rings. The molecule has 0 radical (unpaired) electrons. The van der Waals surface area contributed by atoms with Crippen molar-refractivity contribution in [2.45, 2.75) is 89.5 Å². The Balaban J connectivity index is 1.92. The Labute approximate surface area is 156 Å². The lowest BCUT2D eigenvalue weighted by molar-refractivity contribution is 0.0730. The zero-order valence-corrected chi connectivity index (χ0v) is 18.1. The van der Waals surface area contributed by atoms with Crippen LogP contribution in [-0.2, 0) is 6.54 Å². The third-order valence-electron chi connectivity index (χ3n) is 7.19. The van der Waals surface area contributed by atoms with Gasteiger partial charge in [0.1, 0.15) is 0 Å². The van der Waals surface area contributed by atoms with Crippen LogP contribution in [-0.4, -0.2) is 25.1 Å². The Bertz CT molecular complexity index is 611. The number of likely N-dealkylation sites (tertiary alicyclic amines) is 1. The molecule has 138 valence electrons. The molecule has 0 unspecified atom stereocenters. The molecule has 1 spiro atoms. The van der Waals surface area contributed by atoms with Crippen LogP contribution < -0.4 is 0 Å². The zero-order chi connectivity index (χ0) is 18.1. The minimum absolute atomic E-state index is 0.365. The summed E-state index contributed by atoms with van der Waals surface area (Å²) in [5.41, 5.74) is 6.45. The van der Waals surface area contributed by atoms with E-state index < -0.39 is 8.07 Å². The number of piperidine rings is 1. The molecule has 0 aromatic heterocycles. The van der Waals surface area contributed by atoms with Crippen LogP contribution in [0.5, 0.6) is 0 Å². The first-order valence-corrected chi connectivity index (χ1v) is 13.3. The number of hydrogen-bond donors (Lipinski definition) is 0. The minimum atomic E-state index is -1.39. The van der Waals surface area contributed by atoms with E-state index in [2.05, 4.69) is 74.8 Å². The maximum absolute atomic E-state index is 2.85. The van der Waals surface area contributed by atoms with Crippen LogP contribution >= 0.6 is 0 Å². The highest BCUT2D eigenvalue weighted by molar-refractivity contribution is 6.84. The Morgan fingerprint density at radius 1 is 1.04 bits per heavy atom. The molecule has 25 heavy (non-hydrogen) atoms. The first-order valence-electron chi connectivity index (χ1n) is 10.3. The summed E-state index contributed by atoms with van der Waals surface area (Å²) in [5.74, 6) is 0. The van der Waals surface area contributed by atoms with Crippen molar-refractivity contribution in [2.24, 2.45) is 0 Å². The fraction of sp³-hybridized carbons (Fsp3) is 0.652. The lowest BCUT2D eigenvalue weighted by atomic mass is 9.82. The van der Waals surface area contributed by atoms with Crippen molar-refractivity contribution >= 4 is 8.07 Å². The van der Waals surface area contributed by atoms with Crippen LogP contribution in [0.25, 0.3) is 0 Å². The molecule has 1 heterocycles. The smallest absolute Gasteiger partial charge is 0.0770 e. The highest BCUT2D eigenvalue weighted by Crippen LogP contribution is 2.49. The van der Waals surface area contributed by atoms with Gasteiger partial charge in [0.25, 0.3) is 0 Å². The molecule has 3 rings (SSSR count). The Morgan fingerprint density at radius 2 is 1.72 bits per heavy atom. The molecule has 1 nitrogen and oxygen atoms in total. The van der Waals surface area contributed by atoms with Crippen molar-refractivity contribution < 1.29 is 0 Å². The van der Waals surface area contributed by atoms with E-state index in [0.29, 0.717) is 10.6 Å². The van der Waals surface area contributed by atoms with Gasteiger partial charge in [-0.25, -0.2) is 0 Å². The molecule has 1 aromatic carbocycles. The van der Waals surface area contributed by atoms with E-state index in [1.54, 1.807) is 5.57 Å². The molecule has 2 aliphatic rings. The van der Waals surface area contributed by atoms with Gasteiger partial charge in [-0.05, 0) is 49.3 Å².